The van der Waals surface area contributed by atoms with Crippen LogP contribution in [0.4, 0.5) is 17.6 Å². The zero-order valence-corrected chi connectivity index (χ0v) is 18.1. The van der Waals surface area contributed by atoms with Crippen molar-refractivity contribution in [3.63, 3.8) is 0 Å². The molecule has 2 N–H and O–H groups in total. The van der Waals surface area contributed by atoms with Gasteiger partial charge in [-0.2, -0.15) is 4.98 Å². The molecule has 0 radical (unpaired) electrons. The molecule has 1 saturated heterocycles. The lowest BCUT2D eigenvalue weighted by atomic mass is 10.2. The zero-order valence-electron chi connectivity index (χ0n) is 18.1. The molecule has 0 aliphatic carbocycles. The first-order valence-electron chi connectivity index (χ1n) is 10.8. The summed E-state index contributed by atoms with van der Waals surface area (Å²) < 4.78 is 2.24. The number of nitrogens with one attached hydrogen (secondary N) is 2. The van der Waals surface area contributed by atoms with Gasteiger partial charge < -0.3 is 20.1 Å². The molecule has 0 saturated carbocycles. The van der Waals surface area contributed by atoms with Crippen LogP contribution >= 0.6 is 0 Å². The third-order valence-electron chi connectivity index (χ3n) is 5.96. The predicted octanol–water partition coefficient (Wildman–Crippen LogP) is 3.28. The van der Waals surface area contributed by atoms with E-state index >= 15 is 0 Å². The minimum absolute atomic E-state index is 0.299. The molecule has 4 aromatic heterocycles. The van der Waals surface area contributed by atoms with E-state index < -0.39 is 0 Å². The van der Waals surface area contributed by atoms with Crippen molar-refractivity contribution in [2.75, 3.05) is 29.9 Å². The Labute approximate surface area is 180 Å². The standard InChI is InChI=1S/C22H27N9/c1-4-15(3)31-18-12-23-8-7-16(18)17-11-25-22(27-21(17)31)26-19-5-6-20(29-28-19)30-10-9-24-14(2)13-30/h5-8,11-12,14-15,24H,4,9-10,13H2,1-3H3,(H,25,26,27,28)/t14-,15-/m0/s1. The molecule has 4 aromatic rings. The molecule has 0 amide bonds. The molecule has 2 atom stereocenters. The highest BCUT2D eigenvalue weighted by Gasteiger charge is 2.18. The molecule has 160 valence electrons. The van der Waals surface area contributed by atoms with Crippen LogP contribution in [0.3, 0.4) is 0 Å². The summed E-state index contributed by atoms with van der Waals surface area (Å²) in [6.45, 7) is 9.36. The normalized spacial score (nSPS) is 17.9. The van der Waals surface area contributed by atoms with Gasteiger partial charge in [0.15, 0.2) is 11.6 Å². The average Bonchev–Trinajstić information content (AvgIpc) is 3.13. The number of anilines is 3. The molecule has 0 unspecified atom stereocenters. The highest BCUT2D eigenvalue weighted by atomic mass is 15.3. The molecule has 5 rings (SSSR count). The first-order valence-corrected chi connectivity index (χ1v) is 10.8. The monoisotopic (exact) mass is 417 g/mol. The molecular weight excluding hydrogens is 390 g/mol. The van der Waals surface area contributed by atoms with Gasteiger partial charge in [0.25, 0.3) is 0 Å². The Morgan fingerprint density at radius 3 is 2.87 bits per heavy atom. The second-order valence-electron chi connectivity index (χ2n) is 8.15. The Bertz CT molecular complexity index is 1200. The van der Waals surface area contributed by atoms with E-state index in [9.17, 15) is 0 Å². The summed E-state index contributed by atoms with van der Waals surface area (Å²) in [5, 5.41) is 17.5. The van der Waals surface area contributed by atoms with Crippen LogP contribution in [-0.2, 0) is 0 Å². The Hall–Kier alpha value is -3.33. The molecule has 1 fully saturated rings. The van der Waals surface area contributed by atoms with Crippen LogP contribution in [0.5, 0.6) is 0 Å². The maximum atomic E-state index is 4.83. The fraction of sp³-hybridized carbons (Fsp3) is 0.409. The number of hydrogen-bond acceptors (Lipinski definition) is 8. The van der Waals surface area contributed by atoms with E-state index in [1.165, 1.54) is 0 Å². The number of fused-ring (bicyclic) bond motifs is 3. The van der Waals surface area contributed by atoms with Crippen molar-refractivity contribution in [3.8, 4) is 0 Å². The second-order valence-corrected chi connectivity index (χ2v) is 8.15. The molecule has 31 heavy (non-hydrogen) atoms. The van der Waals surface area contributed by atoms with Gasteiger partial charge in [0.05, 0.1) is 11.7 Å². The van der Waals surface area contributed by atoms with Crippen LogP contribution in [0, 0.1) is 0 Å². The van der Waals surface area contributed by atoms with Gasteiger partial charge in [0.1, 0.15) is 5.65 Å². The van der Waals surface area contributed by atoms with Crippen molar-refractivity contribution in [2.45, 2.75) is 39.3 Å². The molecule has 1 aliphatic heterocycles. The average molecular weight is 418 g/mol. The fourth-order valence-electron chi connectivity index (χ4n) is 4.17. The van der Waals surface area contributed by atoms with E-state index in [1.807, 2.05) is 36.8 Å². The van der Waals surface area contributed by atoms with Gasteiger partial charge in [0.2, 0.25) is 5.95 Å². The van der Waals surface area contributed by atoms with Gasteiger partial charge in [0, 0.05) is 54.9 Å². The SMILES string of the molecule is CC[C@H](C)n1c2cnccc2c2cnc(Nc3ccc(N4CCN[C@@H](C)C4)nn3)nc21. The molecular formula is C22H27N9. The Morgan fingerprint density at radius 2 is 2.10 bits per heavy atom. The quantitative estimate of drug-likeness (QED) is 0.511. The minimum Gasteiger partial charge on any atom is -0.352 e. The van der Waals surface area contributed by atoms with Crippen LogP contribution in [-0.4, -0.2) is 55.4 Å². The Kier molecular flexibility index (Phi) is 5.11. The highest BCUT2D eigenvalue weighted by molar-refractivity contribution is 6.06. The molecule has 9 heteroatoms. The smallest absolute Gasteiger partial charge is 0.230 e. The molecule has 1 aliphatic rings. The zero-order chi connectivity index (χ0) is 21.4. The van der Waals surface area contributed by atoms with Gasteiger partial charge in [-0.05, 0) is 38.5 Å². The fourth-order valence-corrected chi connectivity index (χ4v) is 4.17. The van der Waals surface area contributed by atoms with Crippen molar-refractivity contribution < 1.29 is 0 Å². The van der Waals surface area contributed by atoms with E-state index in [1.54, 1.807) is 0 Å². The lowest BCUT2D eigenvalue weighted by Crippen LogP contribution is -2.49. The van der Waals surface area contributed by atoms with Crippen LogP contribution in [0.25, 0.3) is 21.9 Å². The first-order chi connectivity index (χ1) is 15.1. The van der Waals surface area contributed by atoms with Gasteiger partial charge in [-0.1, -0.05) is 6.92 Å². The Morgan fingerprint density at radius 1 is 1.19 bits per heavy atom. The third kappa shape index (κ3) is 3.65. The van der Waals surface area contributed by atoms with Crippen LogP contribution in [0.1, 0.15) is 33.2 Å². The van der Waals surface area contributed by atoms with Crippen molar-refractivity contribution in [2.24, 2.45) is 0 Å². The molecule has 0 spiro atoms. The summed E-state index contributed by atoms with van der Waals surface area (Å²) in [4.78, 5) is 15.9. The topological polar surface area (TPSA) is 96.7 Å². The first kappa shape index (κ1) is 19.6. The molecule has 0 aromatic carbocycles. The third-order valence-corrected chi connectivity index (χ3v) is 5.96. The van der Waals surface area contributed by atoms with Crippen LogP contribution in [0.15, 0.2) is 36.8 Å². The van der Waals surface area contributed by atoms with E-state index in [4.69, 9.17) is 4.98 Å². The van der Waals surface area contributed by atoms with Crippen molar-refractivity contribution in [1.29, 1.82) is 0 Å². The van der Waals surface area contributed by atoms with E-state index in [-0.39, 0.29) is 0 Å². The maximum absolute atomic E-state index is 4.83. The lowest BCUT2D eigenvalue weighted by molar-refractivity contribution is 0.481. The van der Waals surface area contributed by atoms with Crippen molar-refractivity contribution in [1.82, 2.24) is 35.0 Å². The highest BCUT2D eigenvalue weighted by Crippen LogP contribution is 2.31. The Balaban J connectivity index is 1.45. The molecule has 9 nitrogen and oxygen atoms in total. The number of aromatic nitrogens is 6. The molecule has 5 heterocycles. The van der Waals surface area contributed by atoms with E-state index in [0.717, 1.165) is 53.8 Å². The van der Waals surface area contributed by atoms with Gasteiger partial charge in [-0.3, -0.25) is 4.98 Å². The second kappa shape index (κ2) is 8.07. The summed E-state index contributed by atoms with van der Waals surface area (Å²) in [5.74, 6) is 2.02. The summed E-state index contributed by atoms with van der Waals surface area (Å²) in [7, 11) is 0. The summed E-state index contributed by atoms with van der Waals surface area (Å²) in [6, 6.07) is 6.69. The number of rotatable bonds is 5. The summed E-state index contributed by atoms with van der Waals surface area (Å²) in [6.07, 6.45) is 6.58. The van der Waals surface area contributed by atoms with E-state index in [0.29, 0.717) is 23.8 Å². The van der Waals surface area contributed by atoms with Gasteiger partial charge >= 0.3 is 0 Å². The van der Waals surface area contributed by atoms with Gasteiger partial charge in [-0.15, -0.1) is 10.2 Å². The van der Waals surface area contributed by atoms with E-state index in [2.05, 4.69) is 61.0 Å². The van der Waals surface area contributed by atoms with Crippen molar-refractivity contribution >= 4 is 39.5 Å². The van der Waals surface area contributed by atoms with Crippen LogP contribution in [0.2, 0.25) is 0 Å². The molecule has 0 bridgehead atoms. The van der Waals surface area contributed by atoms with Crippen molar-refractivity contribution in [3.05, 3.63) is 36.8 Å². The number of hydrogen-bond donors (Lipinski definition) is 2. The number of pyridine rings is 1. The maximum Gasteiger partial charge on any atom is 0.230 e. The largest absolute Gasteiger partial charge is 0.352 e. The number of piperazine rings is 1. The summed E-state index contributed by atoms with van der Waals surface area (Å²) >= 11 is 0. The van der Waals surface area contributed by atoms with Gasteiger partial charge in [-0.25, -0.2) is 4.98 Å². The summed E-state index contributed by atoms with van der Waals surface area (Å²) in [5.41, 5.74) is 1.97. The predicted molar refractivity (Wildman–Crippen MR) is 123 cm³/mol. The van der Waals surface area contributed by atoms with Crippen LogP contribution < -0.4 is 15.5 Å². The minimum atomic E-state index is 0.299. The number of nitrogens with zero attached hydrogens (tertiary/aromatic N) is 7. The lowest BCUT2D eigenvalue weighted by Gasteiger charge is -2.32.